The minimum absolute atomic E-state index is 0.00669. The number of nitrogens with two attached hydrogens (primary N) is 4. The van der Waals surface area contributed by atoms with Gasteiger partial charge in [0, 0.05) is 74.3 Å². The minimum atomic E-state index is -1.74. The molecule has 9 amide bonds. The zero-order valence-corrected chi connectivity index (χ0v) is 55.4. The van der Waals surface area contributed by atoms with Gasteiger partial charge in [0.05, 0.1) is 31.1 Å². The smallest absolute Gasteiger partial charge is 0.326 e. The lowest BCUT2D eigenvalue weighted by atomic mass is 10.0. The number of unbranched alkanes of at least 4 members (excludes halogenated alkanes) is 1. The highest BCUT2D eigenvalue weighted by Gasteiger charge is 2.37. The number of carboxylic acid groups (broad SMARTS) is 1. The summed E-state index contributed by atoms with van der Waals surface area (Å²) in [5.41, 5.74) is 25.7. The van der Waals surface area contributed by atoms with Crippen molar-refractivity contribution in [2.24, 2.45) is 27.9 Å². The Labute approximate surface area is 564 Å². The van der Waals surface area contributed by atoms with Crippen LogP contribution in [0.15, 0.2) is 103 Å². The Hall–Kier alpha value is -9.38. The molecule has 0 fully saturated rings. The molecule has 0 aliphatic carbocycles. The number of nitrogens with one attached hydrogen (secondary N) is 12. The van der Waals surface area contributed by atoms with Crippen LogP contribution < -0.4 is 70.8 Å². The third-order valence-electron chi connectivity index (χ3n) is 15.1. The van der Waals surface area contributed by atoms with Crippen LogP contribution in [0.2, 0.25) is 0 Å². The van der Waals surface area contributed by atoms with Crippen molar-refractivity contribution in [3.63, 3.8) is 0 Å². The highest BCUT2D eigenvalue weighted by Crippen LogP contribution is 2.14. The number of aliphatic hydroxyl groups excluding tert-OH is 1. The van der Waals surface area contributed by atoms with Gasteiger partial charge in [0.15, 0.2) is 5.96 Å². The number of aromatic amines is 3. The van der Waals surface area contributed by atoms with Gasteiger partial charge in [-0.1, -0.05) is 60.7 Å². The summed E-state index contributed by atoms with van der Waals surface area (Å²) in [6.07, 6.45) is 10.7. The molecule has 0 aliphatic rings. The van der Waals surface area contributed by atoms with E-state index < -0.39 is 126 Å². The van der Waals surface area contributed by atoms with Crippen LogP contribution in [-0.2, 0) is 80.0 Å². The van der Waals surface area contributed by atoms with Crippen LogP contribution in [0, 0.1) is 0 Å². The summed E-state index contributed by atoms with van der Waals surface area (Å²) in [6, 6.07) is 3.59. The molecule has 0 bridgehead atoms. The average molecular weight is 1370 g/mol. The van der Waals surface area contributed by atoms with Crippen molar-refractivity contribution < 1.29 is 58.2 Å². The lowest BCUT2D eigenvalue weighted by molar-refractivity contribution is -0.143. The van der Waals surface area contributed by atoms with Crippen LogP contribution in [0.1, 0.15) is 80.1 Å². The Balaban J connectivity index is 1.41. The third-order valence-corrected chi connectivity index (χ3v) is 16.4. The van der Waals surface area contributed by atoms with E-state index in [1.807, 2.05) is 6.26 Å². The molecule has 522 valence electrons. The molecule has 34 heteroatoms. The molecule has 32 nitrogen and oxygen atoms in total. The van der Waals surface area contributed by atoms with Gasteiger partial charge < -0.3 is 96.0 Å². The quantitative estimate of drug-likeness (QED) is 0.0106. The number of nitrogens with zero attached hydrogens (tertiary/aromatic N) is 4. The number of aliphatic hydroxyl groups is 1. The lowest BCUT2D eigenvalue weighted by Gasteiger charge is -2.28. The maximum absolute atomic E-state index is 14.8. The number of aromatic nitrogens is 6. The molecule has 3 heterocycles. The van der Waals surface area contributed by atoms with Crippen LogP contribution in [-0.4, -0.2) is 209 Å². The Bertz CT molecular complexity index is 3260. The van der Waals surface area contributed by atoms with E-state index in [1.165, 1.54) is 68.0 Å². The molecule has 0 saturated carbocycles. The lowest BCUT2D eigenvalue weighted by Crippen LogP contribution is -2.62. The average Bonchev–Trinajstić information content (AvgIpc) is 1.08. The van der Waals surface area contributed by atoms with E-state index in [1.54, 1.807) is 66.9 Å². The number of carboxylic acids is 1. The summed E-state index contributed by atoms with van der Waals surface area (Å²) in [6.45, 7) is 1.47. The Morgan fingerprint density at radius 3 is 1.24 bits per heavy atom. The van der Waals surface area contributed by atoms with Gasteiger partial charge in [0.25, 0.3) is 0 Å². The Morgan fingerprint density at radius 2 is 0.844 bits per heavy atom. The van der Waals surface area contributed by atoms with Crippen LogP contribution in [0.3, 0.4) is 0 Å². The number of thioether (sulfide) groups is 2. The number of guanidine groups is 1. The normalized spacial score (nSPS) is 14.6. The van der Waals surface area contributed by atoms with Gasteiger partial charge in [-0.2, -0.15) is 23.5 Å². The first-order valence-electron chi connectivity index (χ1n) is 31.2. The zero-order chi connectivity index (χ0) is 69.9. The fourth-order valence-electron chi connectivity index (χ4n) is 9.83. The molecule has 5 rings (SSSR count). The SMILES string of the molecule is CSCC[C@H](NC(=O)[C@H](CCCN=C(N)N)NC(=O)[C@H](Cc1cnc[nH]1)NC(=O)[C@H](CCCCN)NC(=O)[C@H](Cc1ccccc1)NC(=O)[C@@H](N)CCSC)C(=O)N[C@@H](Cc1ccccc1)C(=O)N[C@@H](Cc1cnc[nH]1)C(=O)N[C@H](C(=O)N[C@@H](Cc1cnc[nH]1)C(=O)O)[C@@H](C)O. The topological polar surface area (TPSA) is 522 Å². The summed E-state index contributed by atoms with van der Waals surface area (Å²) in [4.78, 5) is 166. The number of aliphatic imine (C=N–C) groups is 1. The second kappa shape index (κ2) is 41.4. The highest BCUT2D eigenvalue weighted by atomic mass is 32.2. The van der Waals surface area contributed by atoms with Crippen LogP contribution >= 0.6 is 23.5 Å². The highest BCUT2D eigenvalue weighted by molar-refractivity contribution is 7.98. The number of rotatable bonds is 44. The van der Waals surface area contributed by atoms with Crippen molar-refractivity contribution in [1.82, 2.24) is 77.8 Å². The molecular formula is C62H90N20O12S2. The largest absolute Gasteiger partial charge is 0.480 e. The molecule has 0 saturated heterocycles. The molecule has 3 aromatic heterocycles. The van der Waals surface area contributed by atoms with Gasteiger partial charge in [0.1, 0.15) is 54.4 Å². The predicted octanol–water partition coefficient (Wildman–Crippen LogP) is -2.79. The molecule has 5 aromatic rings. The summed E-state index contributed by atoms with van der Waals surface area (Å²) in [7, 11) is 0. The van der Waals surface area contributed by atoms with Crippen molar-refractivity contribution in [1.29, 1.82) is 0 Å². The van der Waals surface area contributed by atoms with Gasteiger partial charge in [-0.3, -0.25) is 48.1 Å². The van der Waals surface area contributed by atoms with Crippen molar-refractivity contribution >= 4 is 88.6 Å². The van der Waals surface area contributed by atoms with Gasteiger partial charge in [-0.25, -0.2) is 19.7 Å². The molecule has 22 N–H and O–H groups in total. The number of hydrogen-bond acceptors (Lipinski definition) is 19. The standard InChI is InChI=1S/C62H90N20O12S2/c1-36(83)51(60(92)81-50(61(93)94)29-41-32-69-35-73-41)82-59(91)49(28-40-31-68-34-72-40)80-57(89)47(26-38-15-8-5-9-16-38)78-55(87)45(20-24-96-3)76-53(85)44(18-12-22-70-62(65)66)75-58(90)48(27-39-30-67-33-71-39)79-54(86)43(17-10-11-21-63)74-56(88)46(25-37-13-6-4-7-14-37)77-52(84)42(64)19-23-95-2/h4-9,13-16,30-36,42-51,83H,10-12,17-29,63-64H2,1-3H3,(H,67,71)(H,68,72)(H,69,73)(H,74,88)(H,75,90)(H,76,85)(H,77,84)(H,78,87)(H,79,86)(H,80,89)(H,81,92)(H,82,91)(H,93,94)(H4,65,66,70)/t36-,42+,43+,44+,45+,46+,47+,48+,49+,50+,51+/m1/s1. The summed E-state index contributed by atoms with van der Waals surface area (Å²) < 4.78 is 0. The monoisotopic (exact) mass is 1370 g/mol. The van der Waals surface area contributed by atoms with Crippen molar-refractivity contribution in [3.8, 4) is 0 Å². The maximum atomic E-state index is 14.8. The van der Waals surface area contributed by atoms with Crippen molar-refractivity contribution in [2.75, 3.05) is 37.1 Å². The number of carbonyl (C=O) groups excluding carboxylic acids is 9. The summed E-state index contributed by atoms with van der Waals surface area (Å²) in [5, 5.41) is 44.8. The van der Waals surface area contributed by atoms with E-state index in [2.05, 4.69) is 82.7 Å². The summed E-state index contributed by atoms with van der Waals surface area (Å²) in [5.74, 6) is -8.33. The number of imidazole rings is 3. The number of amides is 9. The molecule has 0 unspecified atom stereocenters. The second-order valence-electron chi connectivity index (χ2n) is 22.7. The first-order valence-corrected chi connectivity index (χ1v) is 34.0. The van der Waals surface area contributed by atoms with E-state index in [4.69, 9.17) is 22.9 Å². The van der Waals surface area contributed by atoms with Crippen molar-refractivity contribution in [2.45, 2.75) is 150 Å². The third kappa shape index (κ3) is 27.2. The molecule has 0 aliphatic heterocycles. The molecule has 11 atom stereocenters. The van der Waals surface area contributed by atoms with Crippen LogP contribution in [0.5, 0.6) is 0 Å². The first-order chi connectivity index (χ1) is 46.1. The molecule has 96 heavy (non-hydrogen) atoms. The van der Waals surface area contributed by atoms with Crippen molar-refractivity contribution in [3.05, 3.63) is 126 Å². The van der Waals surface area contributed by atoms with Gasteiger partial charge in [-0.15, -0.1) is 0 Å². The molecule has 0 spiro atoms. The van der Waals surface area contributed by atoms with E-state index in [-0.39, 0.29) is 76.8 Å². The van der Waals surface area contributed by atoms with E-state index in [0.29, 0.717) is 59.0 Å². The Morgan fingerprint density at radius 1 is 0.479 bits per heavy atom. The second-order valence-corrected chi connectivity index (χ2v) is 24.7. The van der Waals surface area contributed by atoms with Crippen LogP contribution in [0.4, 0.5) is 0 Å². The minimum Gasteiger partial charge on any atom is -0.480 e. The van der Waals surface area contributed by atoms with Gasteiger partial charge in [-0.05, 0) is 93.6 Å². The number of H-pyrrole nitrogens is 3. The molecule has 2 aromatic carbocycles. The number of carbonyl (C=O) groups is 10. The molecule has 0 radical (unpaired) electrons. The zero-order valence-electron chi connectivity index (χ0n) is 53.8. The van der Waals surface area contributed by atoms with E-state index >= 15 is 0 Å². The number of benzene rings is 2. The fourth-order valence-corrected chi connectivity index (χ4v) is 10.8. The number of hydrogen-bond donors (Lipinski definition) is 18. The van der Waals surface area contributed by atoms with Crippen LogP contribution in [0.25, 0.3) is 0 Å². The van der Waals surface area contributed by atoms with E-state index in [0.717, 1.165) is 0 Å². The summed E-state index contributed by atoms with van der Waals surface area (Å²) >= 11 is 2.85. The predicted molar refractivity (Wildman–Crippen MR) is 361 cm³/mol. The first kappa shape index (κ1) is 77.3. The van der Waals surface area contributed by atoms with Gasteiger partial charge in [0.2, 0.25) is 53.2 Å². The Kier molecular flexibility index (Phi) is 33.4. The van der Waals surface area contributed by atoms with E-state index in [9.17, 15) is 58.2 Å². The number of aliphatic carboxylic acids is 1. The molecular weight excluding hydrogens is 1280 g/mol. The van der Waals surface area contributed by atoms with Gasteiger partial charge >= 0.3 is 5.97 Å². The maximum Gasteiger partial charge on any atom is 0.326 e. The fraction of sp³-hybridized carbons (Fsp3) is 0.484.